The molecule has 176 valence electrons. The van der Waals surface area contributed by atoms with E-state index in [1.54, 1.807) is 6.07 Å². The smallest absolute Gasteiger partial charge is 0.383 e. The van der Waals surface area contributed by atoms with E-state index in [9.17, 15) is 13.2 Å². The lowest BCUT2D eigenvalue weighted by molar-refractivity contribution is -0.137. The van der Waals surface area contributed by atoms with Gasteiger partial charge < -0.3 is 10.2 Å². The van der Waals surface area contributed by atoms with Gasteiger partial charge in [0, 0.05) is 24.3 Å². The van der Waals surface area contributed by atoms with Crippen molar-refractivity contribution in [3.05, 3.63) is 59.4 Å². The summed E-state index contributed by atoms with van der Waals surface area (Å²) >= 11 is 0. The third-order valence-corrected chi connectivity index (χ3v) is 6.45. The minimum absolute atomic E-state index is 0.422. The first-order valence-electron chi connectivity index (χ1n) is 11.5. The van der Waals surface area contributed by atoms with Crippen molar-refractivity contribution in [1.29, 1.82) is 0 Å². The Morgan fingerprint density at radius 1 is 0.912 bits per heavy atom. The number of halogens is 3. The van der Waals surface area contributed by atoms with Crippen molar-refractivity contribution in [3.8, 4) is 11.3 Å². The maximum absolute atomic E-state index is 13.3. The summed E-state index contributed by atoms with van der Waals surface area (Å²) in [6, 6.07) is 10.9. The van der Waals surface area contributed by atoms with Crippen LogP contribution in [0.5, 0.6) is 0 Å². The molecule has 0 aliphatic carbocycles. The van der Waals surface area contributed by atoms with E-state index in [0.717, 1.165) is 71.8 Å². The second kappa shape index (κ2) is 8.83. The van der Waals surface area contributed by atoms with E-state index in [1.165, 1.54) is 18.9 Å². The first kappa shape index (κ1) is 22.5. The van der Waals surface area contributed by atoms with Gasteiger partial charge in [0.25, 0.3) is 0 Å². The Hall–Kier alpha value is -3.26. The van der Waals surface area contributed by atoms with E-state index in [0.29, 0.717) is 16.8 Å². The van der Waals surface area contributed by atoms with Gasteiger partial charge in [-0.15, -0.1) is 0 Å². The fraction of sp³-hybridized carbons (Fsp3) is 0.346. The number of pyridine rings is 1. The van der Waals surface area contributed by atoms with Crippen LogP contribution in [0.25, 0.3) is 33.2 Å². The largest absolute Gasteiger partial charge is 0.416 e. The predicted octanol–water partition coefficient (Wildman–Crippen LogP) is 5.99. The number of aryl methyl sites for hydroxylation is 2. The van der Waals surface area contributed by atoms with Crippen LogP contribution in [0.1, 0.15) is 29.8 Å². The fourth-order valence-corrected chi connectivity index (χ4v) is 4.51. The molecule has 0 saturated carbocycles. The van der Waals surface area contributed by atoms with Crippen LogP contribution in [-0.4, -0.2) is 46.0 Å². The number of nitrogens with zero attached hydrogens (tertiary/aromatic N) is 4. The lowest BCUT2D eigenvalue weighted by atomic mass is 10.0. The van der Waals surface area contributed by atoms with Crippen LogP contribution in [0.4, 0.5) is 18.9 Å². The van der Waals surface area contributed by atoms with Gasteiger partial charge in [-0.1, -0.05) is 12.1 Å². The summed E-state index contributed by atoms with van der Waals surface area (Å²) in [6.07, 6.45) is -1.97. The molecule has 5 rings (SSSR count). The SMILES string of the molecule is Cc1nc2ccc3nc(-c4cccc(C(F)(F)F)c4)cc(NCCN4CCCC4)c3c2nc1C. The summed E-state index contributed by atoms with van der Waals surface area (Å²) in [7, 11) is 0. The highest BCUT2D eigenvalue weighted by atomic mass is 19.4. The molecule has 0 amide bonds. The number of benzene rings is 2. The van der Waals surface area contributed by atoms with Gasteiger partial charge in [-0.3, -0.25) is 0 Å². The molecule has 1 fully saturated rings. The number of aromatic nitrogens is 3. The van der Waals surface area contributed by atoms with Crippen molar-refractivity contribution in [2.24, 2.45) is 0 Å². The van der Waals surface area contributed by atoms with E-state index in [1.807, 2.05) is 32.0 Å². The Morgan fingerprint density at radius 2 is 1.65 bits per heavy atom. The Kier molecular flexibility index (Phi) is 5.85. The van der Waals surface area contributed by atoms with Crippen LogP contribution in [0.15, 0.2) is 42.5 Å². The van der Waals surface area contributed by atoms with E-state index in [2.05, 4.69) is 15.2 Å². The van der Waals surface area contributed by atoms with Gasteiger partial charge in [0.2, 0.25) is 0 Å². The average Bonchev–Trinajstić information content (AvgIpc) is 3.33. The van der Waals surface area contributed by atoms with Gasteiger partial charge in [-0.25, -0.2) is 15.0 Å². The van der Waals surface area contributed by atoms with Crippen LogP contribution >= 0.6 is 0 Å². The Balaban J connectivity index is 1.63. The molecule has 1 aliphatic heterocycles. The lowest BCUT2D eigenvalue weighted by Gasteiger charge is -2.18. The van der Waals surface area contributed by atoms with Crippen molar-refractivity contribution >= 4 is 27.6 Å². The van der Waals surface area contributed by atoms with Crippen LogP contribution in [0, 0.1) is 13.8 Å². The standard InChI is InChI=1S/C26H26F3N5/c1-16-17(2)32-25-21(31-16)9-8-20-24(25)23(30-10-13-34-11-3-4-12-34)15-22(33-20)18-6-5-7-19(14-18)26(27,28)29/h5-9,14-15H,3-4,10-13H2,1-2H3,(H,30,33). The molecular weight excluding hydrogens is 439 g/mol. The Bertz CT molecular complexity index is 1360. The molecule has 0 atom stereocenters. The van der Waals surface area contributed by atoms with Gasteiger partial charge in [-0.2, -0.15) is 13.2 Å². The molecule has 4 aromatic rings. The molecule has 34 heavy (non-hydrogen) atoms. The fourth-order valence-electron chi connectivity index (χ4n) is 4.51. The van der Waals surface area contributed by atoms with Crippen LogP contribution in [0.3, 0.4) is 0 Å². The number of rotatable bonds is 5. The van der Waals surface area contributed by atoms with Crippen molar-refractivity contribution in [2.75, 3.05) is 31.5 Å². The summed E-state index contributed by atoms with van der Waals surface area (Å²) in [6.45, 7) is 7.66. The highest BCUT2D eigenvalue weighted by Crippen LogP contribution is 2.35. The van der Waals surface area contributed by atoms with Gasteiger partial charge in [-0.05, 0) is 70.1 Å². The maximum Gasteiger partial charge on any atom is 0.416 e. The van der Waals surface area contributed by atoms with Crippen LogP contribution in [0.2, 0.25) is 0 Å². The molecule has 0 radical (unpaired) electrons. The second-order valence-corrected chi connectivity index (χ2v) is 8.83. The molecule has 3 heterocycles. The zero-order valence-electron chi connectivity index (χ0n) is 19.2. The predicted molar refractivity (Wildman–Crippen MR) is 129 cm³/mol. The Morgan fingerprint density at radius 3 is 2.41 bits per heavy atom. The maximum atomic E-state index is 13.3. The van der Waals surface area contributed by atoms with Gasteiger partial charge in [0.1, 0.15) is 5.52 Å². The summed E-state index contributed by atoms with van der Waals surface area (Å²) in [5.74, 6) is 0. The van der Waals surface area contributed by atoms with Crippen molar-refractivity contribution in [1.82, 2.24) is 19.9 Å². The molecule has 2 aromatic heterocycles. The average molecular weight is 466 g/mol. The van der Waals surface area contributed by atoms with Gasteiger partial charge in [0.05, 0.1) is 39.1 Å². The number of hydrogen-bond donors (Lipinski definition) is 1. The quantitative estimate of drug-likeness (QED) is 0.367. The van der Waals surface area contributed by atoms with Gasteiger partial charge in [0.15, 0.2) is 0 Å². The second-order valence-electron chi connectivity index (χ2n) is 8.83. The number of hydrogen-bond acceptors (Lipinski definition) is 5. The summed E-state index contributed by atoms with van der Waals surface area (Å²) in [5, 5.41) is 4.36. The van der Waals surface area contributed by atoms with Gasteiger partial charge >= 0.3 is 6.18 Å². The number of likely N-dealkylation sites (tertiary alicyclic amines) is 1. The highest BCUT2D eigenvalue weighted by molar-refractivity contribution is 6.10. The first-order chi connectivity index (χ1) is 16.3. The highest BCUT2D eigenvalue weighted by Gasteiger charge is 2.30. The monoisotopic (exact) mass is 465 g/mol. The number of nitrogens with one attached hydrogen (secondary N) is 1. The van der Waals surface area contributed by atoms with Crippen molar-refractivity contribution in [2.45, 2.75) is 32.9 Å². The molecule has 1 saturated heterocycles. The number of fused-ring (bicyclic) bond motifs is 3. The normalized spacial score (nSPS) is 14.9. The summed E-state index contributed by atoms with van der Waals surface area (Å²) < 4.78 is 40.0. The number of alkyl halides is 3. The molecular formula is C26H26F3N5. The molecule has 0 unspecified atom stereocenters. The molecule has 0 bridgehead atoms. The molecule has 5 nitrogen and oxygen atoms in total. The van der Waals surface area contributed by atoms with Crippen molar-refractivity contribution < 1.29 is 13.2 Å². The van der Waals surface area contributed by atoms with Crippen molar-refractivity contribution in [3.63, 3.8) is 0 Å². The first-order valence-corrected chi connectivity index (χ1v) is 11.5. The summed E-state index contributed by atoms with van der Waals surface area (Å²) in [5.41, 5.74) is 4.91. The minimum Gasteiger partial charge on any atom is -0.383 e. The van der Waals surface area contributed by atoms with E-state index in [4.69, 9.17) is 9.97 Å². The zero-order valence-corrected chi connectivity index (χ0v) is 19.2. The number of anilines is 1. The molecule has 0 spiro atoms. The molecule has 1 aliphatic rings. The van der Waals surface area contributed by atoms with Crippen LogP contribution in [-0.2, 0) is 6.18 Å². The molecule has 2 aromatic carbocycles. The topological polar surface area (TPSA) is 53.9 Å². The van der Waals surface area contributed by atoms with E-state index < -0.39 is 11.7 Å². The lowest BCUT2D eigenvalue weighted by Crippen LogP contribution is -2.26. The molecule has 8 heteroatoms. The summed E-state index contributed by atoms with van der Waals surface area (Å²) in [4.78, 5) is 16.6. The van der Waals surface area contributed by atoms with E-state index >= 15 is 0 Å². The van der Waals surface area contributed by atoms with Crippen LogP contribution < -0.4 is 5.32 Å². The van der Waals surface area contributed by atoms with E-state index in [-0.39, 0.29) is 0 Å². The third-order valence-electron chi connectivity index (χ3n) is 6.45. The minimum atomic E-state index is -4.41. The Labute approximate surface area is 196 Å². The third kappa shape index (κ3) is 4.42. The molecule has 1 N–H and O–H groups in total. The zero-order chi connectivity index (χ0) is 23.9.